The molecule has 1 atom stereocenters. The Labute approximate surface area is 145 Å². The lowest BCUT2D eigenvalue weighted by molar-refractivity contribution is 0.0709. The Kier molecular flexibility index (Phi) is 4.03. The molecule has 0 spiro atoms. The average Bonchev–Trinajstić information content (AvgIpc) is 3.34. The monoisotopic (exact) mass is 361 g/mol. The van der Waals surface area contributed by atoms with Gasteiger partial charge in [-0.2, -0.15) is 16.4 Å². The van der Waals surface area contributed by atoms with E-state index < -0.39 is 0 Å². The fourth-order valence-electron chi connectivity index (χ4n) is 2.91. The number of likely N-dealkylation sites (tertiary alicyclic amines) is 1. The highest BCUT2D eigenvalue weighted by Crippen LogP contribution is 2.29. The van der Waals surface area contributed by atoms with Crippen molar-refractivity contribution in [2.45, 2.75) is 18.8 Å². The molecule has 1 fully saturated rings. The third-order valence-electron chi connectivity index (χ3n) is 4.10. The molecule has 9 heteroatoms. The highest BCUT2D eigenvalue weighted by Gasteiger charge is 2.28. The van der Waals surface area contributed by atoms with Gasteiger partial charge in [0.15, 0.2) is 0 Å². The minimum atomic E-state index is -0.309. The normalized spacial score (nSPS) is 18.0. The minimum Gasteiger partial charge on any atom is -0.337 e. The van der Waals surface area contributed by atoms with Gasteiger partial charge >= 0.3 is 5.69 Å². The van der Waals surface area contributed by atoms with Crippen molar-refractivity contribution < 1.29 is 4.79 Å². The van der Waals surface area contributed by atoms with Crippen LogP contribution in [0, 0.1) is 0 Å². The van der Waals surface area contributed by atoms with E-state index in [1.54, 1.807) is 17.5 Å². The molecular formula is C15H15N5O2S2. The van der Waals surface area contributed by atoms with E-state index in [1.165, 1.54) is 11.3 Å². The van der Waals surface area contributed by atoms with Crippen molar-refractivity contribution in [3.63, 3.8) is 0 Å². The number of nitrogens with zero attached hydrogens (tertiary/aromatic N) is 3. The zero-order valence-corrected chi connectivity index (χ0v) is 14.3. The SMILES string of the molecule is O=C(c1cnc(-c2ccsc2)s1)N1CCCC(c2n[nH]c(=O)[nH]2)C1. The second kappa shape index (κ2) is 6.33. The number of thiazole rings is 1. The molecule has 2 N–H and O–H groups in total. The summed E-state index contributed by atoms with van der Waals surface area (Å²) in [6.45, 7) is 1.28. The predicted octanol–water partition coefficient (Wildman–Crippen LogP) is 2.30. The number of rotatable bonds is 3. The summed E-state index contributed by atoms with van der Waals surface area (Å²) in [5.41, 5.74) is 0.742. The highest BCUT2D eigenvalue weighted by molar-refractivity contribution is 7.17. The molecule has 0 radical (unpaired) electrons. The fraction of sp³-hybridized carbons (Fsp3) is 0.333. The van der Waals surface area contributed by atoms with E-state index in [2.05, 4.69) is 20.2 Å². The first-order valence-electron chi connectivity index (χ1n) is 7.63. The third-order valence-corrected chi connectivity index (χ3v) is 5.82. The van der Waals surface area contributed by atoms with E-state index in [4.69, 9.17) is 0 Å². The molecule has 7 nitrogen and oxygen atoms in total. The molecule has 0 aromatic carbocycles. The minimum absolute atomic E-state index is 0.00318. The fourth-order valence-corrected chi connectivity index (χ4v) is 4.51. The first-order valence-corrected chi connectivity index (χ1v) is 9.39. The Balaban J connectivity index is 1.50. The van der Waals surface area contributed by atoms with Gasteiger partial charge in [0.2, 0.25) is 0 Å². The van der Waals surface area contributed by atoms with Gasteiger partial charge in [-0.05, 0) is 24.3 Å². The molecule has 0 bridgehead atoms. The second-order valence-electron chi connectivity index (χ2n) is 5.69. The lowest BCUT2D eigenvalue weighted by Gasteiger charge is -2.31. The lowest BCUT2D eigenvalue weighted by atomic mass is 9.97. The Bertz CT molecular complexity index is 895. The topological polar surface area (TPSA) is 94.7 Å². The van der Waals surface area contributed by atoms with Crippen molar-refractivity contribution >= 4 is 28.6 Å². The molecule has 0 aliphatic carbocycles. The van der Waals surface area contributed by atoms with Gasteiger partial charge in [-0.3, -0.25) is 9.78 Å². The van der Waals surface area contributed by atoms with E-state index in [1.807, 2.05) is 21.7 Å². The summed E-state index contributed by atoms with van der Waals surface area (Å²) in [6.07, 6.45) is 3.45. The summed E-state index contributed by atoms with van der Waals surface area (Å²) in [4.78, 5) is 33.5. The maximum atomic E-state index is 12.8. The molecule has 1 amide bonds. The molecule has 3 aromatic heterocycles. The van der Waals surface area contributed by atoms with Gasteiger partial charge in [0.05, 0.1) is 6.20 Å². The van der Waals surface area contributed by atoms with Crippen molar-refractivity contribution in [1.82, 2.24) is 25.1 Å². The molecule has 1 aliphatic rings. The van der Waals surface area contributed by atoms with Crippen LogP contribution >= 0.6 is 22.7 Å². The molecule has 0 saturated carbocycles. The Morgan fingerprint density at radius 1 is 1.42 bits per heavy atom. The Morgan fingerprint density at radius 2 is 2.33 bits per heavy atom. The van der Waals surface area contributed by atoms with Crippen LogP contribution < -0.4 is 5.69 Å². The van der Waals surface area contributed by atoms with E-state index in [0.717, 1.165) is 30.0 Å². The number of hydrogen-bond acceptors (Lipinski definition) is 6. The summed E-state index contributed by atoms with van der Waals surface area (Å²) in [6, 6.07) is 2.00. The van der Waals surface area contributed by atoms with Gasteiger partial charge in [-0.25, -0.2) is 14.9 Å². The number of carbonyl (C=O) groups is 1. The smallest absolute Gasteiger partial charge is 0.337 e. The predicted molar refractivity (Wildman–Crippen MR) is 92.5 cm³/mol. The van der Waals surface area contributed by atoms with Crippen molar-refractivity contribution in [2.24, 2.45) is 0 Å². The quantitative estimate of drug-likeness (QED) is 0.748. The molecule has 3 aromatic rings. The number of aromatic nitrogens is 4. The summed E-state index contributed by atoms with van der Waals surface area (Å²) >= 11 is 3.03. The largest absolute Gasteiger partial charge is 0.340 e. The number of hydrogen-bond donors (Lipinski definition) is 2. The van der Waals surface area contributed by atoms with Gasteiger partial charge in [0.1, 0.15) is 15.7 Å². The molecule has 4 rings (SSSR count). The van der Waals surface area contributed by atoms with Crippen LogP contribution in [0.15, 0.2) is 27.8 Å². The lowest BCUT2D eigenvalue weighted by Crippen LogP contribution is -2.39. The number of aromatic amines is 2. The number of amides is 1. The number of H-pyrrole nitrogens is 2. The van der Waals surface area contributed by atoms with E-state index in [0.29, 0.717) is 17.2 Å². The molecule has 1 unspecified atom stereocenters. The summed E-state index contributed by atoms with van der Waals surface area (Å²) in [5, 5.41) is 11.3. The Hall–Kier alpha value is -2.26. The summed E-state index contributed by atoms with van der Waals surface area (Å²) < 4.78 is 0. The van der Waals surface area contributed by atoms with E-state index in [-0.39, 0.29) is 17.5 Å². The molecule has 24 heavy (non-hydrogen) atoms. The van der Waals surface area contributed by atoms with Crippen LogP contribution in [0.2, 0.25) is 0 Å². The number of carbonyl (C=O) groups excluding carboxylic acids is 1. The number of piperidine rings is 1. The van der Waals surface area contributed by atoms with Crippen LogP contribution in [0.5, 0.6) is 0 Å². The standard InChI is InChI=1S/C15H15N5O2S2/c21-14(11-6-16-13(24-11)10-3-5-23-8-10)20-4-1-2-9(7-20)12-17-15(22)19-18-12/h3,5-6,8-9H,1-2,4,7H2,(H2,17,18,19,22). The van der Waals surface area contributed by atoms with Crippen LogP contribution in [0.4, 0.5) is 0 Å². The number of nitrogens with one attached hydrogen (secondary N) is 2. The van der Waals surface area contributed by atoms with Crippen molar-refractivity contribution in [3.8, 4) is 10.6 Å². The van der Waals surface area contributed by atoms with Crippen LogP contribution in [0.25, 0.3) is 10.6 Å². The highest BCUT2D eigenvalue weighted by atomic mass is 32.1. The van der Waals surface area contributed by atoms with Crippen LogP contribution in [-0.2, 0) is 0 Å². The maximum Gasteiger partial charge on any atom is 0.340 e. The first kappa shape index (κ1) is 15.3. The summed E-state index contributed by atoms with van der Waals surface area (Å²) in [7, 11) is 0. The van der Waals surface area contributed by atoms with Gasteiger partial charge in [0, 0.05) is 30.0 Å². The van der Waals surface area contributed by atoms with Crippen molar-refractivity contribution in [3.05, 3.63) is 44.2 Å². The zero-order chi connectivity index (χ0) is 16.5. The van der Waals surface area contributed by atoms with Crippen LogP contribution in [0.3, 0.4) is 0 Å². The average molecular weight is 361 g/mol. The summed E-state index contributed by atoms with van der Waals surface area (Å²) in [5.74, 6) is 0.684. The van der Waals surface area contributed by atoms with Gasteiger partial charge in [-0.1, -0.05) is 0 Å². The van der Waals surface area contributed by atoms with Crippen LogP contribution in [0.1, 0.15) is 34.3 Å². The second-order valence-corrected chi connectivity index (χ2v) is 7.51. The van der Waals surface area contributed by atoms with Gasteiger partial charge in [-0.15, -0.1) is 11.3 Å². The van der Waals surface area contributed by atoms with Crippen molar-refractivity contribution in [1.29, 1.82) is 0 Å². The molecule has 1 saturated heterocycles. The third kappa shape index (κ3) is 2.92. The maximum absolute atomic E-state index is 12.8. The molecular weight excluding hydrogens is 346 g/mol. The van der Waals surface area contributed by atoms with E-state index >= 15 is 0 Å². The first-order chi connectivity index (χ1) is 11.7. The van der Waals surface area contributed by atoms with Gasteiger partial charge in [0.25, 0.3) is 5.91 Å². The molecule has 124 valence electrons. The van der Waals surface area contributed by atoms with Crippen molar-refractivity contribution in [2.75, 3.05) is 13.1 Å². The Morgan fingerprint density at radius 3 is 3.08 bits per heavy atom. The molecule has 4 heterocycles. The van der Waals surface area contributed by atoms with E-state index in [9.17, 15) is 9.59 Å². The van der Waals surface area contributed by atoms with Crippen LogP contribution in [-0.4, -0.2) is 44.1 Å². The van der Waals surface area contributed by atoms with Gasteiger partial charge < -0.3 is 4.90 Å². The number of thiophene rings is 1. The zero-order valence-electron chi connectivity index (χ0n) is 12.7. The molecule has 1 aliphatic heterocycles.